The van der Waals surface area contributed by atoms with Crippen molar-refractivity contribution in [2.75, 3.05) is 6.54 Å². The van der Waals surface area contributed by atoms with Gasteiger partial charge in [0.2, 0.25) is 0 Å². The standard InChI is InChI=1S/C15H26N2O/c1-4-12(16)15(14-8-6-10-18-14)17-9-5-7-13(17)11(2)3/h6,8,10-13,15H,4-5,7,9,16H2,1-3H3. The number of likely N-dealkylation sites (tertiary alicyclic amines) is 1. The Bertz CT molecular complexity index is 347. The van der Waals surface area contributed by atoms with Crippen LogP contribution in [0.3, 0.4) is 0 Å². The van der Waals surface area contributed by atoms with Crippen LogP contribution in [0.5, 0.6) is 0 Å². The maximum Gasteiger partial charge on any atom is 0.122 e. The summed E-state index contributed by atoms with van der Waals surface area (Å²) in [7, 11) is 0. The Morgan fingerprint density at radius 3 is 2.83 bits per heavy atom. The largest absolute Gasteiger partial charge is 0.468 e. The fourth-order valence-corrected chi connectivity index (χ4v) is 3.18. The van der Waals surface area contributed by atoms with Gasteiger partial charge in [0, 0.05) is 12.1 Å². The van der Waals surface area contributed by atoms with E-state index in [4.69, 9.17) is 10.2 Å². The summed E-state index contributed by atoms with van der Waals surface area (Å²) in [6, 6.07) is 5.05. The highest BCUT2D eigenvalue weighted by molar-refractivity contribution is 5.09. The molecule has 0 radical (unpaired) electrons. The molecule has 0 aliphatic carbocycles. The van der Waals surface area contributed by atoms with E-state index in [-0.39, 0.29) is 12.1 Å². The summed E-state index contributed by atoms with van der Waals surface area (Å²) >= 11 is 0. The maximum atomic E-state index is 6.35. The summed E-state index contributed by atoms with van der Waals surface area (Å²) in [5, 5.41) is 0. The van der Waals surface area contributed by atoms with Gasteiger partial charge in [-0.05, 0) is 43.9 Å². The molecule has 3 heteroatoms. The number of hydrogen-bond donors (Lipinski definition) is 1. The normalized spacial score (nSPS) is 24.6. The van der Waals surface area contributed by atoms with Crippen molar-refractivity contribution in [3.8, 4) is 0 Å². The van der Waals surface area contributed by atoms with Crippen LogP contribution in [0.25, 0.3) is 0 Å². The van der Waals surface area contributed by atoms with Crippen LogP contribution in [-0.4, -0.2) is 23.5 Å². The molecule has 0 amide bonds. The van der Waals surface area contributed by atoms with Crippen molar-refractivity contribution in [3.63, 3.8) is 0 Å². The van der Waals surface area contributed by atoms with Gasteiger partial charge in [-0.2, -0.15) is 0 Å². The van der Waals surface area contributed by atoms with Crippen LogP contribution < -0.4 is 5.73 Å². The number of rotatable bonds is 5. The first-order valence-corrected chi connectivity index (χ1v) is 7.19. The second-order valence-electron chi connectivity index (χ2n) is 5.72. The van der Waals surface area contributed by atoms with E-state index in [1.807, 2.05) is 6.07 Å². The van der Waals surface area contributed by atoms with Gasteiger partial charge in [-0.1, -0.05) is 20.8 Å². The zero-order valence-corrected chi connectivity index (χ0v) is 11.8. The van der Waals surface area contributed by atoms with Gasteiger partial charge in [0.15, 0.2) is 0 Å². The number of furan rings is 1. The summed E-state index contributed by atoms with van der Waals surface area (Å²) in [5.74, 6) is 1.70. The highest BCUT2D eigenvalue weighted by atomic mass is 16.3. The third-order valence-electron chi connectivity index (χ3n) is 4.18. The van der Waals surface area contributed by atoms with E-state index in [1.54, 1.807) is 6.26 Å². The second-order valence-corrected chi connectivity index (χ2v) is 5.72. The van der Waals surface area contributed by atoms with E-state index in [0.717, 1.165) is 18.7 Å². The molecule has 1 aliphatic heterocycles. The Hall–Kier alpha value is -0.800. The van der Waals surface area contributed by atoms with Crippen molar-refractivity contribution >= 4 is 0 Å². The molecule has 1 aromatic heterocycles. The lowest BCUT2D eigenvalue weighted by Gasteiger charge is -2.37. The molecule has 0 aromatic carbocycles. The smallest absolute Gasteiger partial charge is 0.122 e. The molecule has 18 heavy (non-hydrogen) atoms. The lowest BCUT2D eigenvalue weighted by molar-refractivity contribution is 0.109. The summed E-state index contributed by atoms with van der Waals surface area (Å²) < 4.78 is 5.64. The van der Waals surface area contributed by atoms with Crippen LogP contribution in [0.1, 0.15) is 51.8 Å². The van der Waals surface area contributed by atoms with Crippen molar-refractivity contribution in [2.45, 2.75) is 58.2 Å². The predicted octanol–water partition coefficient (Wildman–Crippen LogP) is 3.18. The molecule has 3 nitrogen and oxygen atoms in total. The van der Waals surface area contributed by atoms with Gasteiger partial charge < -0.3 is 10.2 Å². The van der Waals surface area contributed by atoms with Crippen LogP contribution >= 0.6 is 0 Å². The Kier molecular flexibility index (Phi) is 4.46. The van der Waals surface area contributed by atoms with Crippen LogP contribution in [-0.2, 0) is 0 Å². The first kappa shape index (κ1) is 13.6. The van der Waals surface area contributed by atoms with Crippen molar-refractivity contribution in [3.05, 3.63) is 24.2 Å². The highest BCUT2D eigenvalue weighted by Crippen LogP contribution is 2.35. The van der Waals surface area contributed by atoms with E-state index in [9.17, 15) is 0 Å². The summed E-state index contributed by atoms with van der Waals surface area (Å²) in [6.07, 6.45) is 5.29. The van der Waals surface area contributed by atoms with E-state index in [2.05, 4.69) is 31.7 Å². The van der Waals surface area contributed by atoms with Crippen molar-refractivity contribution in [2.24, 2.45) is 11.7 Å². The van der Waals surface area contributed by atoms with E-state index in [0.29, 0.717) is 12.0 Å². The molecule has 3 atom stereocenters. The Balaban J connectivity index is 2.23. The first-order chi connectivity index (χ1) is 8.65. The Morgan fingerprint density at radius 1 is 1.50 bits per heavy atom. The third-order valence-corrected chi connectivity index (χ3v) is 4.18. The second kappa shape index (κ2) is 5.89. The molecule has 1 fully saturated rings. The average Bonchev–Trinajstić information content (AvgIpc) is 2.99. The molecular weight excluding hydrogens is 224 g/mol. The maximum absolute atomic E-state index is 6.35. The highest BCUT2D eigenvalue weighted by Gasteiger charge is 2.36. The van der Waals surface area contributed by atoms with Gasteiger partial charge in [-0.15, -0.1) is 0 Å². The van der Waals surface area contributed by atoms with Crippen molar-refractivity contribution in [1.29, 1.82) is 0 Å². The van der Waals surface area contributed by atoms with E-state index < -0.39 is 0 Å². The lowest BCUT2D eigenvalue weighted by Crippen LogP contribution is -2.44. The zero-order chi connectivity index (χ0) is 13.1. The van der Waals surface area contributed by atoms with E-state index in [1.165, 1.54) is 12.8 Å². The minimum atomic E-state index is 0.149. The number of nitrogens with two attached hydrogens (primary N) is 1. The van der Waals surface area contributed by atoms with Gasteiger partial charge in [0.05, 0.1) is 12.3 Å². The lowest BCUT2D eigenvalue weighted by atomic mass is 9.96. The molecule has 1 aliphatic rings. The predicted molar refractivity (Wildman–Crippen MR) is 74.3 cm³/mol. The molecule has 0 spiro atoms. The monoisotopic (exact) mass is 250 g/mol. The molecule has 1 aromatic rings. The van der Waals surface area contributed by atoms with Crippen LogP contribution in [0.15, 0.2) is 22.8 Å². The van der Waals surface area contributed by atoms with Gasteiger partial charge in [-0.25, -0.2) is 0 Å². The minimum Gasteiger partial charge on any atom is -0.468 e. The van der Waals surface area contributed by atoms with Crippen LogP contribution in [0.4, 0.5) is 0 Å². The molecule has 0 bridgehead atoms. The molecule has 102 valence electrons. The average molecular weight is 250 g/mol. The van der Waals surface area contributed by atoms with Crippen molar-refractivity contribution in [1.82, 2.24) is 4.90 Å². The molecule has 2 heterocycles. The quantitative estimate of drug-likeness (QED) is 0.872. The number of hydrogen-bond acceptors (Lipinski definition) is 3. The summed E-state index contributed by atoms with van der Waals surface area (Å²) in [6.45, 7) is 7.91. The minimum absolute atomic E-state index is 0.149. The van der Waals surface area contributed by atoms with Crippen molar-refractivity contribution < 1.29 is 4.42 Å². The van der Waals surface area contributed by atoms with Crippen LogP contribution in [0, 0.1) is 5.92 Å². The number of nitrogens with zero attached hydrogens (tertiary/aromatic N) is 1. The summed E-state index contributed by atoms with van der Waals surface area (Å²) in [4.78, 5) is 2.57. The zero-order valence-electron chi connectivity index (χ0n) is 11.8. The molecule has 2 rings (SSSR count). The van der Waals surface area contributed by atoms with Gasteiger partial charge in [-0.3, -0.25) is 4.90 Å². The first-order valence-electron chi connectivity index (χ1n) is 7.19. The van der Waals surface area contributed by atoms with E-state index >= 15 is 0 Å². The molecule has 0 saturated carbocycles. The fourth-order valence-electron chi connectivity index (χ4n) is 3.18. The topological polar surface area (TPSA) is 42.4 Å². The SMILES string of the molecule is CCC(N)C(c1ccco1)N1CCCC1C(C)C. The van der Waals surface area contributed by atoms with Gasteiger partial charge >= 0.3 is 0 Å². The van der Waals surface area contributed by atoms with Gasteiger partial charge in [0.25, 0.3) is 0 Å². The Labute approximate surface area is 110 Å². The molecular formula is C15H26N2O. The molecule has 3 unspecified atom stereocenters. The fraction of sp³-hybridized carbons (Fsp3) is 0.733. The summed E-state index contributed by atoms with van der Waals surface area (Å²) in [5.41, 5.74) is 6.35. The Morgan fingerprint density at radius 2 is 2.28 bits per heavy atom. The molecule has 1 saturated heterocycles. The van der Waals surface area contributed by atoms with Gasteiger partial charge in [0.1, 0.15) is 5.76 Å². The van der Waals surface area contributed by atoms with Crippen LogP contribution in [0.2, 0.25) is 0 Å². The third kappa shape index (κ3) is 2.62. The molecule has 2 N–H and O–H groups in total.